The van der Waals surface area contributed by atoms with Crippen LogP contribution in [0.5, 0.6) is 5.75 Å². The maximum atomic E-state index is 13.5. The number of rotatable bonds is 26. The highest BCUT2D eigenvalue weighted by atomic mass is 16.5. The van der Waals surface area contributed by atoms with E-state index in [1.807, 2.05) is 328 Å². The molecule has 0 spiro atoms. The summed E-state index contributed by atoms with van der Waals surface area (Å²) in [5, 5.41) is 11.9. The van der Waals surface area contributed by atoms with Gasteiger partial charge in [-0.25, -0.2) is 28.9 Å². The number of nitrogens with zero attached hydrogens (tertiary/aromatic N) is 5. The zero-order chi connectivity index (χ0) is 104. The summed E-state index contributed by atoms with van der Waals surface area (Å²) in [4.78, 5) is 212. The highest BCUT2D eigenvalue weighted by Crippen LogP contribution is 2.42. The Balaban J connectivity index is 0.000000132. The van der Waals surface area contributed by atoms with E-state index in [9.17, 15) is 76.7 Å². The molecule has 5 N–H and O–H groups in total. The number of carbonyl (C=O) groups excluding carboxylic acids is 16. The van der Waals surface area contributed by atoms with Crippen molar-refractivity contribution < 1.29 is 81.4 Å². The fourth-order valence-electron chi connectivity index (χ4n) is 19.5. The van der Waals surface area contributed by atoms with Gasteiger partial charge in [-0.3, -0.25) is 98.9 Å². The van der Waals surface area contributed by atoms with Crippen LogP contribution in [-0.2, 0) is 67.3 Å². The normalized spacial score (nSPS) is 17.6. The number of carbonyl (C=O) groups is 16. The minimum Gasteiger partial charge on any atom is -0.497 e. The number of hydrogen-bond donors (Lipinski definition) is 5. The van der Waals surface area contributed by atoms with E-state index >= 15 is 0 Å². The second-order valence-electron chi connectivity index (χ2n) is 36.1. The molecule has 1 aliphatic carbocycles. The number of ether oxygens (including phenoxy) is 1. The lowest BCUT2D eigenvalue weighted by Crippen LogP contribution is -2.62. The quantitative estimate of drug-likeness (QED) is 0.0248. The molecule has 27 heteroatoms. The van der Waals surface area contributed by atoms with Crippen LogP contribution in [0.4, 0.5) is 29.7 Å². The van der Waals surface area contributed by atoms with Crippen molar-refractivity contribution in [2.24, 2.45) is 29.6 Å². The van der Waals surface area contributed by atoms with Gasteiger partial charge in [-0.05, 0) is 117 Å². The van der Waals surface area contributed by atoms with Gasteiger partial charge in [-0.15, -0.1) is 0 Å². The van der Waals surface area contributed by atoms with Crippen molar-refractivity contribution >= 4 is 101 Å². The lowest BCUT2D eigenvalue weighted by Gasteiger charge is -2.39. The highest BCUT2D eigenvalue weighted by Gasteiger charge is 2.52. The zero-order valence-corrected chi connectivity index (χ0v) is 80.7. The third-order valence-corrected chi connectivity index (χ3v) is 26.8. The molecule has 20 amide bonds. The van der Waals surface area contributed by atoms with Crippen LogP contribution in [-0.4, -0.2) is 128 Å². The third-order valence-electron chi connectivity index (χ3n) is 26.8. The van der Waals surface area contributed by atoms with Gasteiger partial charge < -0.3 is 4.74 Å². The smallest absolute Gasteiger partial charge is 0.335 e. The Morgan fingerprint density at radius 1 is 0.291 bits per heavy atom. The molecule has 5 heterocycles. The molecule has 1 saturated carbocycles. The molecular weight excluding hydrogens is 1870 g/mol. The Morgan fingerprint density at radius 2 is 0.601 bits per heavy atom. The van der Waals surface area contributed by atoms with E-state index in [-0.39, 0.29) is 43.5 Å². The summed E-state index contributed by atoms with van der Waals surface area (Å²) in [5.74, 6) is -11.7. The first-order chi connectivity index (χ1) is 72.1. The Bertz CT molecular complexity index is 6730. The van der Waals surface area contributed by atoms with E-state index in [4.69, 9.17) is 4.74 Å². The van der Waals surface area contributed by atoms with Gasteiger partial charge in [0.15, 0.2) is 5.78 Å². The molecule has 14 aromatic rings. The first-order valence-electron chi connectivity index (χ1n) is 48.8. The topological polar surface area (TPSA) is 359 Å². The number of Topliss-reactive ketones (excluding diaryl/α,β-unsaturated/α-hetero) is 1. The monoisotopic (exact) mass is 1970 g/mol. The Morgan fingerprint density at radius 3 is 0.986 bits per heavy atom. The van der Waals surface area contributed by atoms with Crippen molar-refractivity contribution in [1.82, 2.24) is 46.2 Å². The highest BCUT2D eigenvalue weighted by molar-refractivity contribution is 6.28. The predicted molar refractivity (Wildman–Crippen MR) is 554 cm³/mol. The molecule has 0 bridgehead atoms. The van der Waals surface area contributed by atoms with Crippen LogP contribution in [0.3, 0.4) is 0 Å². The van der Waals surface area contributed by atoms with Crippen molar-refractivity contribution in [2.45, 2.75) is 93.8 Å². The van der Waals surface area contributed by atoms with Crippen LogP contribution in [0.25, 0.3) is 0 Å². The molecule has 5 saturated heterocycles. The van der Waals surface area contributed by atoms with Gasteiger partial charge in [0.2, 0.25) is 59.1 Å². The number of amides is 20. The number of hydrogen-bond acceptors (Lipinski definition) is 17. The molecule has 27 nitrogen and oxygen atoms in total. The van der Waals surface area contributed by atoms with Crippen molar-refractivity contribution in [3.63, 3.8) is 0 Å². The maximum Gasteiger partial charge on any atom is 0.335 e. The number of barbiturate groups is 5. The van der Waals surface area contributed by atoms with Gasteiger partial charge in [-0.2, -0.15) is 0 Å². The van der Waals surface area contributed by atoms with Crippen molar-refractivity contribution in [1.29, 1.82) is 0 Å². The minimum atomic E-state index is -1.21. The van der Waals surface area contributed by atoms with Crippen LogP contribution in [0, 0.1) is 29.6 Å². The van der Waals surface area contributed by atoms with Gasteiger partial charge in [0.25, 0.3) is 0 Å². The molecule has 14 aromatic carbocycles. The van der Waals surface area contributed by atoms with Gasteiger partial charge >= 0.3 is 30.2 Å². The van der Waals surface area contributed by atoms with Gasteiger partial charge in [0.1, 0.15) is 35.3 Å². The van der Waals surface area contributed by atoms with E-state index < -0.39 is 143 Å². The number of anilines is 1. The number of imide groups is 10. The number of ketones is 1. The molecule has 6 fully saturated rings. The number of urea groups is 5. The SMILES string of the molecule is COc1ccc(CC2C(=O)NC(=O)N(C(c3ccccc3)c3ccccc3)C2=O)cc1.O=C(CC(c1ccccc1)C1C(=O)NC(=O)N(c2ccccc2)C1=O)c1ccccc1.O=C1NC(=O)N(C(c2ccccc2)c2ccccc2)C(=O)C1Cc1ccccc1.O=C1NC(=O)N(C2CCCCC2)C(=O)C1C(c1ccccc1)c1ccccc1.O=C1NC(=O)N(Cc2ccccc2)C(=O)C1C(c1ccccc1)c1ccccc1. The molecule has 148 heavy (non-hydrogen) atoms. The van der Waals surface area contributed by atoms with Crippen LogP contribution in [0.1, 0.15) is 145 Å². The summed E-state index contributed by atoms with van der Waals surface area (Å²) in [6.45, 7) is 0.117. The fraction of sp³-hybridized carbons (Fsp3) is 0.174. The number of para-hydroxylation sites is 1. The standard InChI is InChI=1S/C25H22N2O4.C25H20N2O4.2C24H20N2O3.C23H24N2O3/c1-31-20-14-12-17(13-15-20)16-21-23(28)26-25(30)27(24(21)29)22(18-8-4-2-5-9-18)19-10-6-3-7-11-19;28-21(18-12-6-2-7-13-18)16-20(17-10-4-1-5-11-17)22-23(29)26-25(31)27(24(22)30)19-14-8-3-9-15-19;27-22-21(20(18-12-6-2-7-13-18)19-14-8-3-9-15-19)23(28)26(24(29)25-22)16-17-10-4-1-5-11-17;27-22-20(16-17-10-4-1-5-11-17)23(28)26(24(29)25-22)21(18-12-6-2-7-13-18)19-14-8-3-9-15-19;26-21-20(22(27)25(23(28)24-21)18-14-8-3-9-15-18)19(16-10-4-1-5-11-16)17-12-6-2-7-13-17/h2-15,21-22H,16H2,1H3,(H,26,28,30);1-15,20,22H,16H2,(H,26,29,31);2*1-15,20-21H,16H2,(H,25,27,29);1-2,4-7,10-13,18-20H,3,8-9,14-15H2,(H,24,26,28). The molecule has 0 aromatic heterocycles. The van der Waals surface area contributed by atoms with E-state index in [2.05, 4.69) is 26.6 Å². The Hall–Kier alpha value is -18.4. The van der Waals surface area contributed by atoms with E-state index in [0.717, 1.165) is 103 Å². The average molecular weight is 1970 g/mol. The van der Waals surface area contributed by atoms with Crippen molar-refractivity contribution in [3.05, 3.63) is 491 Å². The number of nitrogens with one attached hydrogen (secondary N) is 5. The predicted octanol–water partition coefficient (Wildman–Crippen LogP) is 18.9. The van der Waals surface area contributed by atoms with E-state index in [1.54, 1.807) is 98.1 Å². The summed E-state index contributed by atoms with van der Waals surface area (Å²) >= 11 is 0. The summed E-state index contributed by atoms with van der Waals surface area (Å²) in [7, 11) is 1.57. The van der Waals surface area contributed by atoms with Crippen molar-refractivity contribution in [3.8, 4) is 5.75 Å². The lowest BCUT2D eigenvalue weighted by molar-refractivity contribution is -0.146. The molecule has 5 aliphatic heterocycles. The zero-order valence-electron chi connectivity index (χ0n) is 80.7. The van der Waals surface area contributed by atoms with Crippen LogP contribution in [0.15, 0.2) is 419 Å². The molecule has 742 valence electrons. The first kappa shape index (κ1) is 103. The van der Waals surface area contributed by atoms with Gasteiger partial charge in [-0.1, -0.05) is 414 Å². The van der Waals surface area contributed by atoms with E-state index in [1.165, 1.54) is 14.7 Å². The Kier molecular flexibility index (Phi) is 34.0. The summed E-state index contributed by atoms with van der Waals surface area (Å²) in [6.07, 6.45) is 5.12. The average Bonchev–Trinajstić information content (AvgIpc) is 0.801. The molecule has 6 atom stereocenters. The van der Waals surface area contributed by atoms with E-state index in [0.29, 0.717) is 22.6 Å². The third kappa shape index (κ3) is 24.4. The Labute approximate surface area is 855 Å². The largest absolute Gasteiger partial charge is 0.497 e. The lowest BCUT2D eigenvalue weighted by atomic mass is 9.78. The van der Waals surface area contributed by atoms with Crippen LogP contribution in [0.2, 0.25) is 0 Å². The van der Waals surface area contributed by atoms with Gasteiger partial charge in [0, 0.05) is 35.8 Å². The van der Waals surface area contributed by atoms with Gasteiger partial charge in [0.05, 0.1) is 31.4 Å². The number of benzene rings is 14. The number of methoxy groups -OCH3 is 1. The summed E-state index contributed by atoms with van der Waals surface area (Å²) < 4.78 is 5.16. The summed E-state index contributed by atoms with van der Waals surface area (Å²) in [5.41, 5.74) is 10.7. The maximum absolute atomic E-state index is 13.5. The van der Waals surface area contributed by atoms with Crippen molar-refractivity contribution in [2.75, 3.05) is 12.0 Å². The minimum absolute atomic E-state index is 0.0470. The first-order valence-corrected chi connectivity index (χ1v) is 48.8. The molecule has 6 aliphatic rings. The molecule has 20 rings (SSSR count). The van der Waals surface area contributed by atoms with Crippen LogP contribution >= 0.6 is 0 Å². The second kappa shape index (κ2) is 49.1. The fourth-order valence-corrected chi connectivity index (χ4v) is 19.5. The second-order valence-corrected chi connectivity index (χ2v) is 36.1. The van der Waals surface area contributed by atoms with Crippen LogP contribution < -0.4 is 36.2 Å². The molecular formula is C121H106N10O17. The molecule has 6 unspecified atom stereocenters. The summed E-state index contributed by atoms with van der Waals surface area (Å²) in [6, 6.07) is 123. The molecule has 0 radical (unpaired) electrons.